The Kier molecular flexibility index (Phi) is 6.38. The van der Waals surface area contributed by atoms with E-state index in [1.807, 2.05) is 6.07 Å². The molecule has 2 aromatic rings. The van der Waals surface area contributed by atoms with Gasteiger partial charge >= 0.3 is 0 Å². The molecule has 128 valence electrons. The maximum Gasteiger partial charge on any atom is 0.166 e. The molecule has 2 aromatic carbocycles. The highest BCUT2D eigenvalue weighted by molar-refractivity contribution is 7.80. The third-order valence-electron chi connectivity index (χ3n) is 4.17. The Morgan fingerprint density at radius 2 is 1.62 bits per heavy atom. The molecule has 0 aliphatic carbocycles. The molecule has 0 aliphatic heterocycles. The monoisotopic (exact) mass is 340 g/mol. The van der Waals surface area contributed by atoms with Crippen LogP contribution >= 0.6 is 12.2 Å². The Morgan fingerprint density at radius 1 is 1.00 bits per heavy atom. The standard InChI is InChI=1S/C21H28N2S/c1-16(18-10-12-19(13-11-18)21(2,3)4)23-20(24)22-15-14-17-8-6-5-7-9-17/h5-13,16H,14-15H2,1-4H3,(H2,22,23,24). The second-order valence-corrected chi connectivity index (χ2v) is 7.64. The van der Waals surface area contributed by atoms with Crippen LogP contribution in [0.4, 0.5) is 0 Å². The summed E-state index contributed by atoms with van der Waals surface area (Å²) in [5.74, 6) is 0. The summed E-state index contributed by atoms with van der Waals surface area (Å²) < 4.78 is 0. The molecular weight excluding hydrogens is 312 g/mol. The first-order valence-electron chi connectivity index (χ1n) is 8.55. The van der Waals surface area contributed by atoms with Crippen molar-refractivity contribution in [3.05, 3.63) is 71.3 Å². The van der Waals surface area contributed by atoms with E-state index in [1.54, 1.807) is 0 Å². The number of hydrogen-bond acceptors (Lipinski definition) is 1. The van der Waals surface area contributed by atoms with E-state index in [2.05, 4.69) is 86.9 Å². The highest BCUT2D eigenvalue weighted by Gasteiger charge is 2.14. The molecule has 0 fully saturated rings. The van der Waals surface area contributed by atoms with Crippen LogP contribution in [-0.2, 0) is 11.8 Å². The van der Waals surface area contributed by atoms with Crippen LogP contribution < -0.4 is 10.6 Å². The Balaban J connectivity index is 1.80. The fraction of sp³-hybridized carbons (Fsp3) is 0.381. The van der Waals surface area contributed by atoms with Crippen molar-refractivity contribution in [1.29, 1.82) is 0 Å². The lowest BCUT2D eigenvalue weighted by atomic mass is 9.86. The molecule has 2 rings (SSSR count). The Bertz CT molecular complexity index is 642. The van der Waals surface area contributed by atoms with Gasteiger partial charge in [0.2, 0.25) is 0 Å². The average molecular weight is 341 g/mol. The largest absolute Gasteiger partial charge is 0.362 e. The summed E-state index contributed by atoms with van der Waals surface area (Å²) in [6.07, 6.45) is 0.970. The fourth-order valence-corrected chi connectivity index (χ4v) is 2.85. The maximum absolute atomic E-state index is 5.41. The molecule has 0 aromatic heterocycles. The van der Waals surface area contributed by atoms with E-state index in [0.717, 1.165) is 13.0 Å². The zero-order chi connectivity index (χ0) is 17.6. The summed E-state index contributed by atoms with van der Waals surface area (Å²) in [5.41, 5.74) is 4.10. The lowest BCUT2D eigenvalue weighted by Crippen LogP contribution is -2.37. The minimum Gasteiger partial charge on any atom is -0.362 e. The minimum atomic E-state index is 0.184. The predicted molar refractivity (Wildman–Crippen MR) is 107 cm³/mol. The molecule has 3 heteroatoms. The van der Waals surface area contributed by atoms with E-state index < -0.39 is 0 Å². The zero-order valence-corrected chi connectivity index (χ0v) is 15.9. The highest BCUT2D eigenvalue weighted by Crippen LogP contribution is 2.23. The van der Waals surface area contributed by atoms with Crippen molar-refractivity contribution >= 4 is 17.3 Å². The van der Waals surface area contributed by atoms with Gasteiger partial charge in [-0.05, 0) is 47.7 Å². The minimum absolute atomic E-state index is 0.184. The second kappa shape index (κ2) is 8.29. The van der Waals surface area contributed by atoms with Crippen LogP contribution in [0.3, 0.4) is 0 Å². The van der Waals surface area contributed by atoms with Gasteiger partial charge in [-0.3, -0.25) is 0 Å². The molecule has 0 amide bonds. The SMILES string of the molecule is CC(NC(=S)NCCc1ccccc1)c1ccc(C(C)(C)C)cc1. The molecule has 0 saturated carbocycles. The van der Waals surface area contributed by atoms with E-state index in [1.165, 1.54) is 16.7 Å². The predicted octanol–water partition coefficient (Wildman–Crippen LogP) is 4.75. The highest BCUT2D eigenvalue weighted by atomic mass is 32.1. The van der Waals surface area contributed by atoms with Crippen LogP contribution in [0.15, 0.2) is 54.6 Å². The first kappa shape index (κ1) is 18.5. The fourth-order valence-electron chi connectivity index (χ4n) is 2.57. The number of benzene rings is 2. The number of hydrogen-bond donors (Lipinski definition) is 2. The van der Waals surface area contributed by atoms with Crippen molar-refractivity contribution < 1.29 is 0 Å². The molecule has 1 atom stereocenters. The van der Waals surface area contributed by atoms with Crippen LogP contribution in [-0.4, -0.2) is 11.7 Å². The van der Waals surface area contributed by atoms with Crippen molar-refractivity contribution in [2.75, 3.05) is 6.54 Å². The summed E-state index contributed by atoms with van der Waals surface area (Å²) in [6.45, 7) is 9.67. The van der Waals surface area contributed by atoms with E-state index in [9.17, 15) is 0 Å². The quantitative estimate of drug-likeness (QED) is 0.768. The molecule has 24 heavy (non-hydrogen) atoms. The summed E-state index contributed by atoms with van der Waals surface area (Å²) in [6, 6.07) is 19.4. The molecule has 0 heterocycles. The number of rotatable bonds is 5. The smallest absolute Gasteiger partial charge is 0.166 e. The van der Waals surface area contributed by atoms with Gasteiger partial charge in [-0.15, -0.1) is 0 Å². The first-order valence-corrected chi connectivity index (χ1v) is 8.96. The number of nitrogens with one attached hydrogen (secondary N) is 2. The third-order valence-corrected chi connectivity index (χ3v) is 4.43. The van der Waals surface area contributed by atoms with Gasteiger partial charge in [-0.1, -0.05) is 75.4 Å². The molecule has 0 bridgehead atoms. The van der Waals surface area contributed by atoms with Crippen LogP contribution in [0.1, 0.15) is 50.4 Å². The summed E-state index contributed by atoms with van der Waals surface area (Å²) in [4.78, 5) is 0. The summed E-state index contributed by atoms with van der Waals surface area (Å²) in [7, 11) is 0. The molecule has 0 radical (unpaired) electrons. The van der Waals surface area contributed by atoms with Crippen LogP contribution in [0, 0.1) is 0 Å². The van der Waals surface area contributed by atoms with Crippen molar-refractivity contribution in [2.24, 2.45) is 0 Å². The average Bonchev–Trinajstić information content (AvgIpc) is 2.55. The van der Waals surface area contributed by atoms with Gasteiger partial charge in [0.1, 0.15) is 0 Å². The lowest BCUT2D eigenvalue weighted by Gasteiger charge is -2.21. The summed E-state index contributed by atoms with van der Waals surface area (Å²) in [5, 5.41) is 7.36. The molecule has 2 nitrogen and oxygen atoms in total. The second-order valence-electron chi connectivity index (χ2n) is 7.23. The maximum atomic E-state index is 5.41. The van der Waals surface area contributed by atoms with Crippen molar-refractivity contribution in [3.8, 4) is 0 Å². The normalized spacial score (nSPS) is 12.5. The van der Waals surface area contributed by atoms with Crippen molar-refractivity contribution in [1.82, 2.24) is 10.6 Å². The lowest BCUT2D eigenvalue weighted by molar-refractivity contribution is 0.589. The van der Waals surface area contributed by atoms with Crippen LogP contribution in [0.2, 0.25) is 0 Å². The summed E-state index contributed by atoms with van der Waals surface area (Å²) >= 11 is 5.41. The first-order chi connectivity index (χ1) is 11.4. The van der Waals surface area contributed by atoms with Gasteiger partial charge in [0.05, 0.1) is 6.04 Å². The van der Waals surface area contributed by atoms with Gasteiger partial charge in [0, 0.05) is 6.54 Å². The Labute approximate surface area is 151 Å². The third kappa shape index (κ3) is 5.64. The van der Waals surface area contributed by atoms with Crippen molar-refractivity contribution in [2.45, 2.75) is 45.6 Å². The van der Waals surface area contributed by atoms with E-state index in [4.69, 9.17) is 12.2 Å². The van der Waals surface area contributed by atoms with Gasteiger partial charge in [-0.2, -0.15) is 0 Å². The van der Waals surface area contributed by atoms with E-state index in [0.29, 0.717) is 5.11 Å². The van der Waals surface area contributed by atoms with Crippen molar-refractivity contribution in [3.63, 3.8) is 0 Å². The molecule has 2 N–H and O–H groups in total. The Hall–Kier alpha value is -1.87. The van der Waals surface area contributed by atoms with Gasteiger partial charge < -0.3 is 10.6 Å². The topological polar surface area (TPSA) is 24.1 Å². The van der Waals surface area contributed by atoms with Crippen LogP contribution in [0.25, 0.3) is 0 Å². The van der Waals surface area contributed by atoms with Gasteiger partial charge in [0.25, 0.3) is 0 Å². The molecule has 0 spiro atoms. The molecule has 0 saturated heterocycles. The van der Waals surface area contributed by atoms with Crippen LogP contribution in [0.5, 0.6) is 0 Å². The van der Waals surface area contributed by atoms with E-state index in [-0.39, 0.29) is 11.5 Å². The molecule has 1 unspecified atom stereocenters. The molecule has 0 aliphatic rings. The van der Waals surface area contributed by atoms with Gasteiger partial charge in [-0.25, -0.2) is 0 Å². The number of thiocarbonyl (C=S) groups is 1. The van der Waals surface area contributed by atoms with Gasteiger partial charge in [0.15, 0.2) is 5.11 Å². The Morgan fingerprint density at radius 3 is 2.21 bits per heavy atom. The molecular formula is C21H28N2S. The van der Waals surface area contributed by atoms with E-state index >= 15 is 0 Å². The zero-order valence-electron chi connectivity index (χ0n) is 15.1.